The van der Waals surface area contributed by atoms with Crippen LogP contribution in [0.4, 0.5) is 0 Å². The number of benzene rings is 2. The first-order chi connectivity index (χ1) is 9.40. The lowest BCUT2D eigenvalue weighted by atomic mass is 9.81. The molecule has 0 fully saturated rings. The van der Waals surface area contributed by atoms with Crippen LogP contribution in [0.15, 0.2) is 60.7 Å². The highest BCUT2D eigenvalue weighted by molar-refractivity contribution is 7.87. The van der Waals surface area contributed by atoms with E-state index in [0.717, 1.165) is 0 Å². The average Bonchev–Trinajstić information content (AvgIpc) is 2.40. The quantitative estimate of drug-likeness (QED) is 0.877. The molecule has 2 aromatic carbocycles. The van der Waals surface area contributed by atoms with Crippen LogP contribution in [0.25, 0.3) is 0 Å². The summed E-state index contributed by atoms with van der Waals surface area (Å²) in [5.74, 6) is -0.317. The fraction of sp³-hybridized carbons (Fsp3) is 0.250. The highest BCUT2D eigenvalue weighted by Gasteiger charge is 2.48. The molecule has 0 bridgehead atoms. The van der Waals surface area contributed by atoms with Gasteiger partial charge >= 0.3 is 0 Å². The molecule has 3 nitrogen and oxygen atoms in total. The van der Waals surface area contributed by atoms with Crippen molar-refractivity contribution >= 4 is 10.1 Å². The van der Waals surface area contributed by atoms with Crippen LogP contribution in [0.3, 0.4) is 0 Å². The molecule has 0 heterocycles. The van der Waals surface area contributed by atoms with Crippen LogP contribution in [0.2, 0.25) is 0 Å². The van der Waals surface area contributed by atoms with E-state index in [1.54, 1.807) is 62.4 Å². The molecule has 2 rings (SSSR count). The van der Waals surface area contributed by atoms with E-state index in [0.29, 0.717) is 11.1 Å². The van der Waals surface area contributed by atoms with Crippen molar-refractivity contribution in [2.24, 2.45) is 5.92 Å². The lowest BCUT2D eigenvalue weighted by Crippen LogP contribution is -2.41. The number of hydrogen-bond acceptors (Lipinski definition) is 2. The number of hydrogen-bond donors (Lipinski definition) is 1. The van der Waals surface area contributed by atoms with Gasteiger partial charge in [-0.05, 0) is 17.0 Å². The maximum Gasteiger partial charge on any atom is 0.279 e. The second-order valence-electron chi connectivity index (χ2n) is 5.10. The summed E-state index contributed by atoms with van der Waals surface area (Å²) in [6, 6.07) is 17.7. The van der Waals surface area contributed by atoms with Crippen LogP contribution in [0.5, 0.6) is 0 Å². The van der Waals surface area contributed by atoms with Crippen LogP contribution in [-0.2, 0) is 14.9 Å². The lowest BCUT2D eigenvalue weighted by Gasteiger charge is -2.35. The van der Waals surface area contributed by atoms with Gasteiger partial charge in [-0.2, -0.15) is 8.42 Å². The third kappa shape index (κ3) is 2.25. The summed E-state index contributed by atoms with van der Waals surface area (Å²) in [6.45, 7) is 3.60. The molecule has 106 valence electrons. The minimum atomic E-state index is -4.33. The smallest absolute Gasteiger partial charge is 0.279 e. The van der Waals surface area contributed by atoms with Crippen molar-refractivity contribution in [1.29, 1.82) is 0 Å². The summed E-state index contributed by atoms with van der Waals surface area (Å²) in [4.78, 5) is 0. The first-order valence-corrected chi connectivity index (χ1v) is 7.92. The van der Waals surface area contributed by atoms with Crippen molar-refractivity contribution in [1.82, 2.24) is 0 Å². The summed E-state index contributed by atoms with van der Waals surface area (Å²) in [7, 11) is -4.33. The van der Waals surface area contributed by atoms with Crippen molar-refractivity contribution in [2.75, 3.05) is 0 Å². The first kappa shape index (κ1) is 14.8. The fourth-order valence-electron chi connectivity index (χ4n) is 2.80. The fourth-order valence-corrected chi connectivity index (χ4v) is 4.26. The molecule has 20 heavy (non-hydrogen) atoms. The Hall–Kier alpha value is -1.65. The molecule has 2 aromatic rings. The molecule has 0 spiro atoms. The number of rotatable bonds is 4. The Morgan fingerprint density at radius 2 is 1.20 bits per heavy atom. The summed E-state index contributed by atoms with van der Waals surface area (Å²) in [6.07, 6.45) is 0. The molecule has 0 aliphatic rings. The van der Waals surface area contributed by atoms with Crippen LogP contribution < -0.4 is 0 Å². The average molecular weight is 290 g/mol. The van der Waals surface area contributed by atoms with Gasteiger partial charge in [0, 0.05) is 0 Å². The van der Waals surface area contributed by atoms with E-state index in [1.807, 2.05) is 12.1 Å². The van der Waals surface area contributed by atoms with E-state index in [4.69, 9.17) is 0 Å². The van der Waals surface area contributed by atoms with E-state index in [2.05, 4.69) is 0 Å². The van der Waals surface area contributed by atoms with Crippen LogP contribution in [0, 0.1) is 5.92 Å². The highest BCUT2D eigenvalue weighted by atomic mass is 32.2. The first-order valence-electron chi connectivity index (χ1n) is 6.48. The van der Waals surface area contributed by atoms with Gasteiger partial charge in [0.2, 0.25) is 0 Å². The Labute approximate surface area is 120 Å². The van der Waals surface area contributed by atoms with Crippen molar-refractivity contribution in [3.05, 3.63) is 71.8 Å². The van der Waals surface area contributed by atoms with Gasteiger partial charge in [0.05, 0.1) is 0 Å². The van der Waals surface area contributed by atoms with Gasteiger partial charge in [0.25, 0.3) is 10.1 Å². The van der Waals surface area contributed by atoms with Crippen molar-refractivity contribution < 1.29 is 13.0 Å². The van der Waals surface area contributed by atoms with Crippen molar-refractivity contribution in [2.45, 2.75) is 18.6 Å². The Morgan fingerprint density at radius 3 is 1.45 bits per heavy atom. The molecule has 0 aliphatic carbocycles. The SMILES string of the molecule is CC(C)C(c1ccccc1)(c1ccccc1)S(=O)(=O)O. The Balaban J connectivity index is 2.85. The largest absolute Gasteiger partial charge is 0.285 e. The van der Waals surface area contributed by atoms with Gasteiger partial charge < -0.3 is 0 Å². The van der Waals surface area contributed by atoms with E-state index >= 15 is 0 Å². The molecule has 4 heteroatoms. The molecule has 0 unspecified atom stereocenters. The maximum absolute atomic E-state index is 12.3. The molecule has 0 radical (unpaired) electrons. The molecule has 0 aliphatic heterocycles. The van der Waals surface area contributed by atoms with Gasteiger partial charge in [0.1, 0.15) is 4.75 Å². The Kier molecular flexibility index (Phi) is 3.97. The maximum atomic E-state index is 12.3. The van der Waals surface area contributed by atoms with Gasteiger partial charge in [-0.25, -0.2) is 0 Å². The minimum Gasteiger partial charge on any atom is -0.285 e. The van der Waals surface area contributed by atoms with Gasteiger partial charge in [-0.3, -0.25) is 4.55 Å². The Bertz CT molecular complexity index is 622. The summed E-state index contributed by atoms with van der Waals surface area (Å²) in [5, 5.41) is 0. The second kappa shape index (κ2) is 5.38. The van der Waals surface area contributed by atoms with Crippen molar-refractivity contribution in [3.8, 4) is 0 Å². The van der Waals surface area contributed by atoms with E-state index in [9.17, 15) is 13.0 Å². The van der Waals surface area contributed by atoms with E-state index in [1.165, 1.54) is 0 Å². The molecule has 0 saturated heterocycles. The Morgan fingerprint density at radius 1 is 0.850 bits per heavy atom. The van der Waals surface area contributed by atoms with Gasteiger partial charge in [0.15, 0.2) is 0 Å². The van der Waals surface area contributed by atoms with Crippen LogP contribution >= 0.6 is 0 Å². The normalized spacial score (nSPS) is 12.6. The topological polar surface area (TPSA) is 54.4 Å². The lowest BCUT2D eigenvalue weighted by molar-refractivity contribution is 0.398. The van der Waals surface area contributed by atoms with E-state index < -0.39 is 14.9 Å². The molecule has 0 aromatic heterocycles. The standard InChI is InChI=1S/C16H18O3S/c1-13(2)16(20(17,18)19,14-9-5-3-6-10-14)15-11-7-4-8-12-15/h3-13H,1-2H3,(H,17,18,19). The molecular formula is C16H18O3S. The molecular weight excluding hydrogens is 272 g/mol. The monoisotopic (exact) mass is 290 g/mol. The second-order valence-corrected chi connectivity index (χ2v) is 6.69. The van der Waals surface area contributed by atoms with Gasteiger partial charge in [-0.1, -0.05) is 74.5 Å². The van der Waals surface area contributed by atoms with Crippen molar-refractivity contribution in [3.63, 3.8) is 0 Å². The highest BCUT2D eigenvalue weighted by Crippen LogP contribution is 2.43. The van der Waals surface area contributed by atoms with Gasteiger partial charge in [-0.15, -0.1) is 0 Å². The molecule has 0 saturated carbocycles. The predicted molar refractivity (Wildman–Crippen MR) is 80.1 cm³/mol. The third-order valence-corrected chi connectivity index (χ3v) is 5.38. The van der Waals surface area contributed by atoms with E-state index in [-0.39, 0.29) is 5.92 Å². The molecule has 1 N–H and O–H groups in total. The van der Waals surface area contributed by atoms with Crippen LogP contribution in [0.1, 0.15) is 25.0 Å². The zero-order valence-electron chi connectivity index (χ0n) is 11.5. The predicted octanol–water partition coefficient (Wildman–Crippen LogP) is 3.47. The summed E-state index contributed by atoms with van der Waals surface area (Å²) in [5.41, 5.74) is 1.15. The minimum absolute atomic E-state index is 0.317. The molecule has 0 atom stereocenters. The van der Waals surface area contributed by atoms with Crippen LogP contribution in [-0.4, -0.2) is 13.0 Å². The third-order valence-electron chi connectivity index (χ3n) is 3.63. The summed E-state index contributed by atoms with van der Waals surface area (Å²) >= 11 is 0. The zero-order chi connectivity index (χ0) is 14.8. The zero-order valence-corrected chi connectivity index (χ0v) is 12.3. The molecule has 0 amide bonds. The summed E-state index contributed by atoms with van der Waals surface area (Å²) < 4.78 is 33.0.